The lowest BCUT2D eigenvalue weighted by Gasteiger charge is -2.37. The second-order valence-electron chi connectivity index (χ2n) is 4.94. The van der Waals surface area contributed by atoms with Gasteiger partial charge in [0.25, 0.3) is 0 Å². The summed E-state index contributed by atoms with van der Waals surface area (Å²) in [6.45, 7) is 7.72. The summed E-state index contributed by atoms with van der Waals surface area (Å²) < 4.78 is 5.18. The molecule has 1 atom stereocenters. The Hall–Kier alpha value is -1.65. The van der Waals surface area contributed by atoms with Crippen molar-refractivity contribution in [2.75, 3.05) is 14.2 Å². The van der Waals surface area contributed by atoms with Crippen molar-refractivity contribution in [2.24, 2.45) is 16.3 Å². The van der Waals surface area contributed by atoms with E-state index in [2.05, 4.69) is 11.6 Å². The first-order valence-electron chi connectivity index (χ1n) is 5.95. The summed E-state index contributed by atoms with van der Waals surface area (Å²) in [6.07, 6.45) is 2.65. The van der Waals surface area contributed by atoms with Crippen molar-refractivity contribution in [2.45, 2.75) is 26.7 Å². The maximum atomic E-state index is 12.4. The molecule has 0 aromatic heterocycles. The topological polar surface area (TPSA) is 59.0 Å². The lowest BCUT2D eigenvalue weighted by molar-refractivity contribution is -0.136. The normalized spacial score (nSPS) is 24.3. The van der Waals surface area contributed by atoms with Crippen LogP contribution in [0.25, 0.3) is 0 Å². The fourth-order valence-electron chi connectivity index (χ4n) is 2.39. The zero-order valence-electron chi connectivity index (χ0n) is 11.4. The van der Waals surface area contributed by atoms with E-state index in [1.807, 2.05) is 13.8 Å². The van der Waals surface area contributed by atoms with Crippen LogP contribution in [0.4, 0.5) is 4.79 Å². The van der Waals surface area contributed by atoms with Gasteiger partial charge >= 0.3 is 6.03 Å². The quantitative estimate of drug-likeness (QED) is 0.721. The molecule has 0 aromatic rings. The Balaban J connectivity index is 3.33. The minimum atomic E-state index is -0.896. The Morgan fingerprint density at radius 2 is 2.11 bits per heavy atom. The van der Waals surface area contributed by atoms with Crippen molar-refractivity contribution < 1.29 is 14.3 Å². The van der Waals surface area contributed by atoms with Crippen molar-refractivity contribution in [1.29, 1.82) is 0 Å². The number of hydrogen-bond acceptors (Lipinski definition) is 3. The molecule has 0 fully saturated rings. The first-order valence-corrected chi connectivity index (χ1v) is 5.95. The number of rotatable bonds is 4. The second-order valence-corrected chi connectivity index (χ2v) is 4.94. The summed E-state index contributed by atoms with van der Waals surface area (Å²) >= 11 is 0. The number of imide groups is 1. The van der Waals surface area contributed by atoms with Gasteiger partial charge in [0.05, 0.1) is 7.11 Å². The number of allylic oxidation sites excluding steroid dienone is 1. The summed E-state index contributed by atoms with van der Waals surface area (Å²) in [5, 5.41) is 0. The van der Waals surface area contributed by atoms with E-state index in [0.717, 1.165) is 4.90 Å². The van der Waals surface area contributed by atoms with Gasteiger partial charge in [-0.05, 0) is 18.8 Å². The number of amides is 3. The Labute approximate surface area is 108 Å². The average Bonchev–Trinajstić information content (AvgIpc) is 2.30. The molecular weight excluding hydrogens is 232 g/mol. The monoisotopic (exact) mass is 252 g/mol. The molecular formula is C13H20N2O3. The highest BCUT2D eigenvalue weighted by Crippen LogP contribution is 2.37. The molecule has 100 valence electrons. The third kappa shape index (κ3) is 2.30. The summed E-state index contributed by atoms with van der Waals surface area (Å²) in [7, 11) is 2.88. The van der Waals surface area contributed by atoms with Gasteiger partial charge in [-0.1, -0.05) is 19.9 Å². The fraction of sp³-hybridized carbons (Fsp3) is 0.615. The second kappa shape index (κ2) is 5.33. The lowest BCUT2D eigenvalue weighted by Crippen LogP contribution is -2.53. The largest absolute Gasteiger partial charge is 0.483 e. The van der Waals surface area contributed by atoms with Crippen molar-refractivity contribution >= 4 is 17.8 Å². The minimum Gasteiger partial charge on any atom is -0.483 e. The van der Waals surface area contributed by atoms with Gasteiger partial charge in [0.2, 0.25) is 11.8 Å². The Kier molecular flexibility index (Phi) is 4.27. The molecule has 0 bridgehead atoms. The molecule has 0 saturated heterocycles. The molecule has 0 aliphatic carbocycles. The smallest absolute Gasteiger partial charge is 0.353 e. The van der Waals surface area contributed by atoms with E-state index in [4.69, 9.17) is 4.74 Å². The standard InChI is InChI=1S/C13H20N2O3/c1-6-7-13(8-9(2)3)10(18-5)14-12(17)15(4)11(13)16/h6,9H,1,7-8H2,2-5H3. The minimum absolute atomic E-state index is 0.198. The van der Waals surface area contributed by atoms with E-state index < -0.39 is 11.4 Å². The molecule has 1 aliphatic heterocycles. The Morgan fingerprint density at radius 1 is 1.50 bits per heavy atom. The molecule has 0 spiro atoms. The summed E-state index contributed by atoms with van der Waals surface area (Å²) in [6, 6.07) is -0.583. The number of ether oxygens (including phenoxy) is 1. The van der Waals surface area contributed by atoms with Crippen molar-refractivity contribution in [3.8, 4) is 0 Å². The van der Waals surface area contributed by atoms with Gasteiger partial charge in [0.15, 0.2) is 0 Å². The van der Waals surface area contributed by atoms with Gasteiger partial charge in [0.1, 0.15) is 5.41 Å². The van der Waals surface area contributed by atoms with Gasteiger partial charge in [-0.3, -0.25) is 9.69 Å². The number of aliphatic imine (C=N–C) groups is 1. The van der Waals surface area contributed by atoms with E-state index >= 15 is 0 Å². The van der Waals surface area contributed by atoms with E-state index in [-0.39, 0.29) is 17.7 Å². The predicted molar refractivity (Wildman–Crippen MR) is 69.3 cm³/mol. The molecule has 1 aliphatic rings. The molecule has 5 nitrogen and oxygen atoms in total. The summed E-state index contributed by atoms with van der Waals surface area (Å²) in [4.78, 5) is 28.9. The Morgan fingerprint density at radius 3 is 2.56 bits per heavy atom. The highest BCUT2D eigenvalue weighted by atomic mass is 16.5. The van der Waals surface area contributed by atoms with Crippen LogP contribution in [0.15, 0.2) is 17.6 Å². The van der Waals surface area contributed by atoms with Crippen LogP contribution in [0.5, 0.6) is 0 Å². The van der Waals surface area contributed by atoms with Crippen LogP contribution in [0.3, 0.4) is 0 Å². The van der Waals surface area contributed by atoms with Crippen LogP contribution >= 0.6 is 0 Å². The summed E-state index contributed by atoms with van der Waals surface area (Å²) in [5.74, 6) is 0.202. The first kappa shape index (κ1) is 14.4. The SMILES string of the molecule is C=CCC1(CC(C)C)C(=O)N(C)C(=O)N=C1OC. The van der Waals surface area contributed by atoms with Crippen molar-refractivity contribution in [3.63, 3.8) is 0 Å². The third-order valence-electron chi connectivity index (χ3n) is 3.05. The van der Waals surface area contributed by atoms with Gasteiger partial charge < -0.3 is 4.74 Å². The molecule has 0 radical (unpaired) electrons. The van der Waals surface area contributed by atoms with Crippen LogP contribution in [-0.4, -0.2) is 36.9 Å². The molecule has 0 aromatic carbocycles. The van der Waals surface area contributed by atoms with Crippen molar-refractivity contribution in [3.05, 3.63) is 12.7 Å². The predicted octanol–water partition coefficient (Wildman–Crippen LogP) is 2.23. The highest BCUT2D eigenvalue weighted by Gasteiger charge is 2.50. The van der Waals surface area contributed by atoms with E-state index in [0.29, 0.717) is 12.8 Å². The highest BCUT2D eigenvalue weighted by molar-refractivity contribution is 6.16. The third-order valence-corrected chi connectivity index (χ3v) is 3.05. The molecule has 18 heavy (non-hydrogen) atoms. The zero-order chi connectivity index (χ0) is 13.9. The maximum absolute atomic E-state index is 12.4. The van der Waals surface area contributed by atoms with Crippen LogP contribution in [0.1, 0.15) is 26.7 Å². The Bertz CT molecular complexity index is 401. The molecule has 1 heterocycles. The molecule has 1 unspecified atom stereocenters. The van der Waals surface area contributed by atoms with Crippen LogP contribution in [-0.2, 0) is 9.53 Å². The van der Waals surface area contributed by atoms with Gasteiger partial charge in [-0.25, -0.2) is 4.79 Å². The number of methoxy groups -OCH3 is 1. The molecule has 0 N–H and O–H groups in total. The molecule has 1 rings (SSSR count). The number of nitrogens with zero attached hydrogens (tertiary/aromatic N) is 2. The van der Waals surface area contributed by atoms with Crippen LogP contribution < -0.4 is 0 Å². The van der Waals surface area contributed by atoms with E-state index in [1.54, 1.807) is 6.08 Å². The number of carbonyl (C=O) groups excluding carboxylic acids is 2. The fourth-order valence-corrected chi connectivity index (χ4v) is 2.39. The summed E-state index contributed by atoms with van der Waals surface area (Å²) in [5.41, 5.74) is -0.896. The molecule has 3 amide bonds. The maximum Gasteiger partial charge on any atom is 0.353 e. The zero-order valence-corrected chi connectivity index (χ0v) is 11.4. The van der Waals surface area contributed by atoms with E-state index in [9.17, 15) is 9.59 Å². The van der Waals surface area contributed by atoms with Crippen LogP contribution in [0.2, 0.25) is 0 Å². The van der Waals surface area contributed by atoms with Gasteiger partial charge in [-0.15, -0.1) is 6.58 Å². The molecule has 0 saturated carbocycles. The first-order chi connectivity index (χ1) is 8.39. The van der Waals surface area contributed by atoms with Crippen LogP contribution in [0, 0.1) is 11.3 Å². The number of urea groups is 1. The van der Waals surface area contributed by atoms with Gasteiger partial charge in [0, 0.05) is 7.05 Å². The molecule has 5 heteroatoms. The number of hydrogen-bond donors (Lipinski definition) is 0. The van der Waals surface area contributed by atoms with Gasteiger partial charge in [-0.2, -0.15) is 4.99 Å². The number of carbonyl (C=O) groups is 2. The lowest BCUT2D eigenvalue weighted by atomic mass is 9.75. The van der Waals surface area contributed by atoms with Crippen molar-refractivity contribution in [1.82, 2.24) is 4.90 Å². The average molecular weight is 252 g/mol. The van der Waals surface area contributed by atoms with E-state index in [1.165, 1.54) is 14.2 Å².